The summed E-state index contributed by atoms with van der Waals surface area (Å²) in [5, 5.41) is 7.72. The number of allylic oxidation sites excluding steroid dienone is 1. The number of hydrogen-bond acceptors (Lipinski definition) is 9. The third kappa shape index (κ3) is 5.39. The maximum absolute atomic E-state index is 13.6. The second-order valence-corrected chi connectivity index (χ2v) is 11.0. The lowest BCUT2D eigenvalue weighted by atomic mass is 10.1. The molecule has 1 aliphatic carbocycles. The number of pyridine rings is 1. The van der Waals surface area contributed by atoms with Gasteiger partial charge in [-0.1, -0.05) is 13.0 Å². The highest BCUT2D eigenvalue weighted by molar-refractivity contribution is 7.93. The van der Waals surface area contributed by atoms with Gasteiger partial charge in [-0.3, -0.25) is 14.3 Å². The molecule has 0 saturated heterocycles. The molecule has 1 aliphatic rings. The Balaban J connectivity index is 1.81. The maximum Gasteiger partial charge on any atom is 0.243 e. The van der Waals surface area contributed by atoms with Crippen LogP contribution >= 0.6 is 0 Å². The van der Waals surface area contributed by atoms with Crippen LogP contribution in [0, 0.1) is 13.8 Å². The van der Waals surface area contributed by atoms with Gasteiger partial charge in [0.05, 0.1) is 18.1 Å². The zero-order chi connectivity index (χ0) is 26.7. The number of nitrogens with one attached hydrogen (secondary N) is 1. The fourth-order valence-electron chi connectivity index (χ4n) is 4.07. The van der Waals surface area contributed by atoms with Crippen LogP contribution in [0.5, 0.6) is 0 Å². The van der Waals surface area contributed by atoms with Crippen molar-refractivity contribution in [2.24, 2.45) is 0 Å². The average Bonchev–Trinajstić information content (AvgIpc) is 3.29. The molecule has 0 spiro atoms. The molecule has 3 heterocycles. The van der Waals surface area contributed by atoms with Crippen molar-refractivity contribution < 1.29 is 17.9 Å². The van der Waals surface area contributed by atoms with Gasteiger partial charge in [0, 0.05) is 43.4 Å². The summed E-state index contributed by atoms with van der Waals surface area (Å²) in [6, 6.07) is 1.90. The highest BCUT2D eigenvalue weighted by Crippen LogP contribution is 2.34. The second kappa shape index (κ2) is 10.8. The smallest absolute Gasteiger partial charge is 0.243 e. The highest BCUT2D eigenvalue weighted by atomic mass is 32.2. The molecule has 0 radical (unpaired) electrons. The predicted molar refractivity (Wildman–Crippen MR) is 140 cm³/mol. The van der Waals surface area contributed by atoms with Crippen molar-refractivity contribution in [3.05, 3.63) is 65.7 Å². The van der Waals surface area contributed by atoms with Crippen molar-refractivity contribution in [1.82, 2.24) is 29.7 Å². The summed E-state index contributed by atoms with van der Waals surface area (Å²) in [6.45, 7) is 7.18. The monoisotopic (exact) mass is 525 g/mol. The SMILES string of the molecule is COC1=C(n2c(NS(=O)(=O)[C@H](C)[C@@H](C)c3ncc(C)cn3)nnc2-c2cncc(C)c2)C(OC)CC=C1. The summed E-state index contributed by atoms with van der Waals surface area (Å²) in [7, 11) is -0.814. The second-order valence-electron chi connectivity index (χ2n) is 9.01. The Kier molecular flexibility index (Phi) is 7.69. The Morgan fingerprint density at radius 2 is 1.78 bits per heavy atom. The molecule has 3 aromatic heterocycles. The van der Waals surface area contributed by atoms with E-state index >= 15 is 0 Å². The Morgan fingerprint density at radius 3 is 2.43 bits per heavy atom. The van der Waals surface area contributed by atoms with Crippen LogP contribution in [0.2, 0.25) is 0 Å². The molecule has 3 aromatic rings. The Labute approximate surface area is 216 Å². The minimum absolute atomic E-state index is 0.0160. The van der Waals surface area contributed by atoms with E-state index < -0.39 is 27.3 Å². The van der Waals surface area contributed by atoms with E-state index in [0.717, 1.165) is 11.1 Å². The lowest BCUT2D eigenvalue weighted by Crippen LogP contribution is -2.32. The summed E-state index contributed by atoms with van der Waals surface area (Å²) >= 11 is 0. The minimum Gasteiger partial charge on any atom is -0.495 e. The van der Waals surface area contributed by atoms with Crippen LogP contribution in [0.1, 0.15) is 43.1 Å². The molecule has 0 bridgehead atoms. The maximum atomic E-state index is 13.6. The number of rotatable bonds is 9. The van der Waals surface area contributed by atoms with E-state index in [9.17, 15) is 8.42 Å². The van der Waals surface area contributed by atoms with E-state index in [1.807, 2.05) is 32.1 Å². The molecular formula is C25H31N7O4S. The van der Waals surface area contributed by atoms with Crippen molar-refractivity contribution in [3.63, 3.8) is 0 Å². The lowest BCUT2D eigenvalue weighted by molar-refractivity contribution is 0.140. The van der Waals surface area contributed by atoms with Gasteiger partial charge in [-0.2, -0.15) is 0 Å². The summed E-state index contributed by atoms with van der Waals surface area (Å²) < 4.78 is 42.8. The summed E-state index contributed by atoms with van der Waals surface area (Å²) in [5.74, 6) is 0.890. The lowest BCUT2D eigenvalue weighted by Gasteiger charge is -2.26. The van der Waals surface area contributed by atoms with Crippen molar-refractivity contribution in [1.29, 1.82) is 0 Å². The molecule has 12 heteroatoms. The standard InChI is InChI=1S/C25H31N7O4S/c1-15-10-19(14-26-11-15)24-29-30-25(32(24)22-20(35-5)8-7-9-21(22)36-6)31-37(33,34)18(4)17(3)23-27-12-16(2)13-28-23/h7-8,10-14,17-18,21H,9H2,1-6H3,(H,30,31)/t17-,18-,21?/m1/s1. The molecule has 0 saturated carbocycles. The van der Waals surface area contributed by atoms with E-state index in [0.29, 0.717) is 35.1 Å². The first-order valence-corrected chi connectivity index (χ1v) is 13.4. The molecule has 11 nitrogen and oxygen atoms in total. The minimum atomic E-state index is -3.95. The number of hydrogen-bond donors (Lipinski definition) is 1. The molecule has 196 valence electrons. The number of aryl methyl sites for hydroxylation is 2. The fourth-order valence-corrected chi connectivity index (χ4v) is 5.30. The van der Waals surface area contributed by atoms with Gasteiger partial charge in [0.25, 0.3) is 0 Å². The van der Waals surface area contributed by atoms with Crippen molar-refractivity contribution in [3.8, 4) is 11.4 Å². The molecule has 0 aliphatic heterocycles. The van der Waals surface area contributed by atoms with Gasteiger partial charge in [0.2, 0.25) is 16.0 Å². The topological polar surface area (TPSA) is 134 Å². The van der Waals surface area contributed by atoms with Crippen LogP contribution in [0.15, 0.2) is 48.8 Å². The van der Waals surface area contributed by atoms with Crippen LogP contribution in [0.3, 0.4) is 0 Å². The van der Waals surface area contributed by atoms with Gasteiger partial charge >= 0.3 is 0 Å². The van der Waals surface area contributed by atoms with Gasteiger partial charge in [-0.05, 0) is 50.5 Å². The van der Waals surface area contributed by atoms with Crippen LogP contribution in [-0.4, -0.2) is 63.7 Å². The van der Waals surface area contributed by atoms with Crippen molar-refractivity contribution in [2.45, 2.75) is 51.4 Å². The first kappa shape index (κ1) is 26.4. The van der Waals surface area contributed by atoms with Crippen LogP contribution in [0.4, 0.5) is 5.95 Å². The number of sulfonamides is 1. The Bertz CT molecular complexity index is 1430. The van der Waals surface area contributed by atoms with Gasteiger partial charge in [0.15, 0.2) is 5.82 Å². The van der Waals surface area contributed by atoms with E-state index in [2.05, 4.69) is 29.9 Å². The van der Waals surface area contributed by atoms with Crippen molar-refractivity contribution in [2.75, 3.05) is 18.9 Å². The summed E-state index contributed by atoms with van der Waals surface area (Å²) in [5.41, 5.74) is 3.06. The Morgan fingerprint density at radius 1 is 1.05 bits per heavy atom. The molecule has 37 heavy (non-hydrogen) atoms. The number of methoxy groups -OCH3 is 2. The first-order chi connectivity index (χ1) is 17.7. The molecule has 1 N–H and O–H groups in total. The van der Waals surface area contributed by atoms with Gasteiger partial charge in [-0.25, -0.2) is 18.4 Å². The third-order valence-electron chi connectivity index (χ3n) is 6.35. The number of anilines is 1. The van der Waals surface area contributed by atoms with E-state index in [1.165, 1.54) is 0 Å². The Hall–Kier alpha value is -3.64. The van der Waals surface area contributed by atoms with E-state index in [-0.39, 0.29) is 5.95 Å². The molecule has 4 rings (SSSR count). The zero-order valence-electron chi connectivity index (χ0n) is 21.7. The summed E-state index contributed by atoms with van der Waals surface area (Å²) in [4.78, 5) is 12.9. The van der Waals surface area contributed by atoms with Crippen LogP contribution in [-0.2, 0) is 19.5 Å². The molecule has 0 aromatic carbocycles. The van der Waals surface area contributed by atoms with Gasteiger partial charge in [0.1, 0.15) is 17.7 Å². The number of aromatic nitrogens is 6. The molecule has 0 amide bonds. The van der Waals surface area contributed by atoms with Crippen LogP contribution < -0.4 is 4.72 Å². The van der Waals surface area contributed by atoms with E-state index in [1.54, 1.807) is 57.4 Å². The van der Waals surface area contributed by atoms with Gasteiger partial charge in [-0.15, -0.1) is 10.2 Å². The largest absolute Gasteiger partial charge is 0.495 e. The number of nitrogens with zero attached hydrogens (tertiary/aromatic N) is 6. The molecule has 0 fully saturated rings. The molecule has 1 unspecified atom stereocenters. The quantitative estimate of drug-likeness (QED) is 0.445. The van der Waals surface area contributed by atoms with E-state index in [4.69, 9.17) is 9.47 Å². The fraction of sp³-hybridized carbons (Fsp3) is 0.400. The van der Waals surface area contributed by atoms with Crippen molar-refractivity contribution >= 4 is 21.7 Å². The zero-order valence-corrected chi connectivity index (χ0v) is 22.5. The van der Waals surface area contributed by atoms with Crippen LogP contribution in [0.25, 0.3) is 17.1 Å². The third-order valence-corrected chi connectivity index (χ3v) is 8.21. The predicted octanol–water partition coefficient (Wildman–Crippen LogP) is 3.47. The molecular weight excluding hydrogens is 494 g/mol. The average molecular weight is 526 g/mol. The normalized spacial score (nSPS) is 17.5. The molecule has 3 atom stereocenters. The number of ether oxygens (including phenoxy) is 2. The van der Waals surface area contributed by atoms with Gasteiger partial charge < -0.3 is 9.47 Å². The summed E-state index contributed by atoms with van der Waals surface area (Å²) in [6.07, 6.45) is 10.6. The highest BCUT2D eigenvalue weighted by Gasteiger charge is 2.34. The first-order valence-electron chi connectivity index (χ1n) is 11.8.